The molecule has 0 spiro atoms. The second-order valence-electron chi connectivity index (χ2n) is 6.08. The van der Waals surface area contributed by atoms with E-state index in [4.69, 9.17) is 0 Å². The van der Waals surface area contributed by atoms with E-state index in [1.54, 1.807) is 30.5 Å². The van der Waals surface area contributed by atoms with Crippen molar-refractivity contribution in [2.45, 2.75) is 31.7 Å². The van der Waals surface area contributed by atoms with Crippen molar-refractivity contribution in [3.63, 3.8) is 0 Å². The molecule has 24 heavy (non-hydrogen) atoms. The number of nitrogens with zero attached hydrogens (tertiary/aromatic N) is 1. The maximum atomic E-state index is 13.4. The fourth-order valence-corrected chi connectivity index (χ4v) is 3.59. The quantitative estimate of drug-likeness (QED) is 0.399. The number of hydrogen-bond donors (Lipinski definition) is 2. The molecule has 130 valence electrons. The van der Waals surface area contributed by atoms with E-state index in [2.05, 4.69) is 34.7 Å². The lowest BCUT2D eigenvalue weighted by molar-refractivity contribution is 0.607. The first kappa shape index (κ1) is 19.2. The van der Waals surface area contributed by atoms with Crippen LogP contribution in [-0.2, 0) is 12.0 Å². The van der Waals surface area contributed by atoms with E-state index in [1.165, 1.54) is 15.8 Å². The molecule has 1 aliphatic carbocycles. The summed E-state index contributed by atoms with van der Waals surface area (Å²) >= 11 is 1.79. The van der Waals surface area contributed by atoms with Crippen molar-refractivity contribution in [3.05, 3.63) is 57.5 Å². The van der Waals surface area contributed by atoms with Crippen LogP contribution in [-0.4, -0.2) is 19.6 Å². The molecule has 6 heteroatoms. The SMILES string of the molecule is CN=C(NCc1ccc(C)s1)NCC1(c2cccc(F)c2)CC1.I. The van der Waals surface area contributed by atoms with Crippen LogP contribution in [0.15, 0.2) is 41.4 Å². The standard InChI is InChI=1S/C18H22FN3S.HI/c1-13-6-7-16(23-13)11-21-17(20-2)22-12-18(8-9-18)14-4-3-5-15(19)10-14;/h3-7,10H,8-9,11-12H2,1-2H3,(H2,20,21,22);1H. The van der Waals surface area contributed by atoms with Crippen LogP contribution in [0.3, 0.4) is 0 Å². The first-order chi connectivity index (χ1) is 11.1. The fourth-order valence-electron chi connectivity index (χ4n) is 2.76. The first-order valence-electron chi connectivity index (χ1n) is 7.87. The molecule has 0 saturated heterocycles. The average Bonchev–Trinajstić information content (AvgIpc) is 3.23. The number of thiophene rings is 1. The van der Waals surface area contributed by atoms with Crippen LogP contribution in [0.25, 0.3) is 0 Å². The molecule has 2 N–H and O–H groups in total. The zero-order valence-electron chi connectivity index (χ0n) is 13.9. The highest BCUT2D eigenvalue weighted by molar-refractivity contribution is 14.0. The van der Waals surface area contributed by atoms with E-state index in [0.29, 0.717) is 0 Å². The first-order valence-corrected chi connectivity index (χ1v) is 8.69. The summed E-state index contributed by atoms with van der Waals surface area (Å²) in [5.41, 5.74) is 1.13. The van der Waals surface area contributed by atoms with Crippen molar-refractivity contribution in [1.82, 2.24) is 10.6 Å². The Morgan fingerprint density at radius 3 is 2.62 bits per heavy atom. The summed E-state index contributed by atoms with van der Waals surface area (Å²) in [6.45, 7) is 3.65. The van der Waals surface area contributed by atoms with Crippen molar-refractivity contribution in [1.29, 1.82) is 0 Å². The summed E-state index contributed by atoms with van der Waals surface area (Å²) in [5, 5.41) is 6.73. The van der Waals surface area contributed by atoms with E-state index in [-0.39, 0.29) is 35.2 Å². The van der Waals surface area contributed by atoms with Crippen LogP contribution in [0.1, 0.15) is 28.2 Å². The Labute approximate surface area is 163 Å². The Morgan fingerprint density at radius 1 is 1.25 bits per heavy atom. The molecule has 1 aromatic heterocycles. The highest BCUT2D eigenvalue weighted by Crippen LogP contribution is 2.47. The van der Waals surface area contributed by atoms with Crippen LogP contribution >= 0.6 is 35.3 Å². The number of nitrogens with one attached hydrogen (secondary N) is 2. The van der Waals surface area contributed by atoms with Gasteiger partial charge in [-0.1, -0.05) is 12.1 Å². The molecule has 1 aromatic carbocycles. The molecule has 0 radical (unpaired) electrons. The van der Waals surface area contributed by atoms with Gasteiger partial charge in [0, 0.05) is 28.8 Å². The second kappa shape index (κ2) is 8.29. The minimum absolute atomic E-state index is 0. The molecule has 1 fully saturated rings. The van der Waals surface area contributed by atoms with Crippen molar-refractivity contribution in [2.24, 2.45) is 4.99 Å². The Bertz CT molecular complexity index is 710. The summed E-state index contributed by atoms with van der Waals surface area (Å²) in [5.74, 6) is 0.628. The van der Waals surface area contributed by atoms with Gasteiger partial charge in [-0.2, -0.15) is 0 Å². The molecule has 1 aliphatic rings. The van der Waals surface area contributed by atoms with Gasteiger partial charge in [0.1, 0.15) is 5.82 Å². The van der Waals surface area contributed by atoms with Crippen molar-refractivity contribution < 1.29 is 4.39 Å². The Morgan fingerprint density at radius 2 is 2.04 bits per heavy atom. The Kier molecular flexibility index (Phi) is 6.62. The van der Waals surface area contributed by atoms with Crippen LogP contribution in [0.5, 0.6) is 0 Å². The van der Waals surface area contributed by atoms with Crippen molar-refractivity contribution >= 4 is 41.3 Å². The number of guanidine groups is 1. The largest absolute Gasteiger partial charge is 0.356 e. The summed E-state index contributed by atoms with van der Waals surface area (Å²) in [4.78, 5) is 6.88. The molecule has 1 saturated carbocycles. The molecule has 0 amide bonds. The van der Waals surface area contributed by atoms with Gasteiger partial charge in [-0.05, 0) is 49.6 Å². The molecule has 0 aliphatic heterocycles. The van der Waals surface area contributed by atoms with Crippen LogP contribution < -0.4 is 10.6 Å². The molecular formula is C18H23FIN3S. The van der Waals surface area contributed by atoms with Crippen LogP contribution in [0, 0.1) is 12.7 Å². The lowest BCUT2D eigenvalue weighted by Gasteiger charge is -2.19. The molecule has 1 heterocycles. The predicted molar refractivity (Wildman–Crippen MR) is 110 cm³/mol. The molecule has 3 rings (SSSR count). The fraction of sp³-hybridized carbons (Fsp3) is 0.389. The summed E-state index contributed by atoms with van der Waals surface area (Å²) in [7, 11) is 1.77. The van der Waals surface area contributed by atoms with E-state index in [9.17, 15) is 4.39 Å². The minimum atomic E-state index is -0.163. The van der Waals surface area contributed by atoms with Gasteiger partial charge in [0.25, 0.3) is 0 Å². The van der Waals surface area contributed by atoms with E-state index >= 15 is 0 Å². The molecule has 3 nitrogen and oxygen atoms in total. The molecule has 2 aromatic rings. The normalized spacial score (nSPS) is 15.5. The minimum Gasteiger partial charge on any atom is -0.356 e. The number of halogens is 2. The van der Waals surface area contributed by atoms with E-state index in [1.807, 2.05) is 6.07 Å². The monoisotopic (exact) mass is 459 g/mol. The average molecular weight is 459 g/mol. The van der Waals surface area contributed by atoms with Crippen LogP contribution in [0.2, 0.25) is 0 Å². The van der Waals surface area contributed by atoms with Gasteiger partial charge in [-0.15, -0.1) is 35.3 Å². The van der Waals surface area contributed by atoms with Gasteiger partial charge in [0.05, 0.1) is 6.54 Å². The molecule has 0 atom stereocenters. The van der Waals surface area contributed by atoms with E-state index in [0.717, 1.165) is 37.5 Å². The lowest BCUT2D eigenvalue weighted by atomic mass is 9.96. The number of aliphatic imine (C=N–C) groups is 1. The third-order valence-corrected chi connectivity index (χ3v) is 5.34. The maximum Gasteiger partial charge on any atom is 0.191 e. The van der Waals surface area contributed by atoms with Gasteiger partial charge in [-0.3, -0.25) is 4.99 Å². The molecule has 0 unspecified atom stereocenters. The maximum absolute atomic E-state index is 13.4. The zero-order valence-corrected chi connectivity index (χ0v) is 17.1. The number of rotatable bonds is 5. The summed E-state index contributed by atoms with van der Waals surface area (Å²) in [6.07, 6.45) is 2.18. The smallest absolute Gasteiger partial charge is 0.191 e. The molecule has 0 bridgehead atoms. The summed E-state index contributed by atoms with van der Waals surface area (Å²) < 4.78 is 13.4. The van der Waals surface area contributed by atoms with Gasteiger partial charge >= 0.3 is 0 Å². The lowest BCUT2D eigenvalue weighted by Crippen LogP contribution is -2.40. The summed E-state index contributed by atoms with van der Waals surface area (Å²) in [6, 6.07) is 11.2. The number of benzene rings is 1. The topological polar surface area (TPSA) is 36.4 Å². The highest BCUT2D eigenvalue weighted by Gasteiger charge is 2.44. The van der Waals surface area contributed by atoms with E-state index < -0.39 is 0 Å². The van der Waals surface area contributed by atoms with Crippen molar-refractivity contribution in [3.8, 4) is 0 Å². The second-order valence-corrected chi connectivity index (χ2v) is 7.45. The van der Waals surface area contributed by atoms with Gasteiger partial charge in [0.15, 0.2) is 5.96 Å². The van der Waals surface area contributed by atoms with Crippen molar-refractivity contribution in [2.75, 3.05) is 13.6 Å². The van der Waals surface area contributed by atoms with Gasteiger partial charge in [0.2, 0.25) is 0 Å². The molecular weight excluding hydrogens is 436 g/mol. The van der Waals surface area contributed by atoms with Crippen LogP contribution in [0.4, 0.5) is 4.39 Å². The Balaban J connectivity index is 0.00000208. The Hall–Kier alpha value is -1.15. The third-order valence-electron chi connectivity index (χ3n) is 4.33. The number of hydrogen-bond acceptors (Lipinski definition) is 2. The zero-order chi connectivity index (χ0) is 16.3. The van der Waals surface area contributed by atoms with Gasteiger partial charge < -0.3 is 10.6 Å². The van der Waals surface area contributed by atoms with Gasteiger partial charge in [-0.25, -0.2) is 4.39 Å². The highest BCUT2D eigenvalue weighted by atomic mass is 127. The predicted octanol–water partition coefficient (Wildman–Crippen LogP) is 4.21. The number of aryl methyl sites for hydroxylation is 1. The third kappa shape index (κ3) is 4.69.